The Hall–Kier alpha value is -0.0400. The number of hydrogen-bond donors (Lipinski definition) is 1. The summed E-state index contributed by atoms with van der Waals surface area (Å²) >= 11 is 0. The van der Waals surface area contributed by atoms with Crippen molar-refractivity contribution in [3.63, 3.8) is 0 Å². The molecule has 1 nitrogen and oxygen atoms in total. The Morgan fingerprint density at radius 2 is 1.65 bits per heavy atom. The summed E-state index contributed by atoms with van der Waals surface area (Å²) in [5, 5.41) is 3.61. The van der Waals surface area contributed by atoms with Gasteiger partial charge in [0.15, 0.2) is 0 Å². The highest BCUT2D eigenvalue weighted by atomic mass is 14.9. The lowest BCUT2D eigenvalue weighted by Gasteiger charge is -2.44. The normalized spacial score (nSPS) is 27.8. The van der Waals surface area contributed by atoms with Crippen LogP contribution in [0.5, 0.6) is 0 Å². The van der Waals surface area contributed by atoms with Crippen LogP contribution in [0.15, 0.2) is 0 Å². The van der Waals surface area contributed by atoms with Gasteiger partial charge in [-0.15, -0.1) is 0 Å². The molecular weight excluding hydrogens is 242 g/mol. The second kappa shape index (κ2) is 9.07. The number of unbranched alkanes of at least 4 members (excludes halogenated alkanes) is 5. The minimum absolute atomic E-state index is 0.512. The molecule has 3 atom stereocenters. The van der Waals surface area contributed by atoms with Crippen molar-refractivity contribution in [1.29, 1.82) is 0 Å². The van der Waals surface area contributed by atoms with Gasteiger partial charge in [0.1, 0.15) is 0 Å². The third-order valence-electron chi connectivity index (χ3n) is 5.66. The predicted molar refractivity (Wildman–Crippen MR) is 91.1 cm³/mol. The van der Waals surface area contributed by atoms with Crippen LogP contribution in [0.25, 0.3) is 0 Å². The average Bonchev–Trinajstić information content (AvgIpc) is 2.42. The molecule has 0 aliphatic heterocycles. The monoisotopic (exact) mass is 281 g/mol. The minimum atomic E-state index is 0.512. The predicted octanol–water partition coefficient (Wildman–Crippen LogP) is 5.79. The highest BCUT2D eigenvalue weighted by Crippen LogP contribution is 2.43. The second-order valence-electron chi connectivity index (χ2n) is 7.93. The molecule has 1 fully saturated rings. The molecule has 0 aromatic carbocycles. The van der Waals surface area contributed by atoms with Crippen LogP contribution in [-0.4, -0.2) is 13.1 Å². The fourth-order valence-corrected chi connectivity index (χ4v) is 4.18. The van der Waals surface area contributed by atoms with Crippen molar-refractivity contribution in [2.45, 2.75) is 97.9 Å². The molecule has 1 N–H and O–H groups in total. The van der Waals surface area contributed by atoms with Crippen molar-refractivity contribution in [3.05, 3.63) is 0 Å². The lowest BCUT2D eigenvalue weighted by molar-refractivity contribution is 0.0879. The van der Waals surface area contributed by atoms with Crippen molar-refractivity contribution in [2.24, 2.45) is 17.3 Å². The lowest BCUT2D eigenvalue weighted by Crippen LogP contribution is -2.45. The van der Waals surface area contributed by atoms with E-state index in [2.05, 4.69) is 40.1 Å². The first-order valence-corrected chi connectivity index (χ1v) is 9.18. The molecule has 1 aliphatic carbocycles. The number of hydrogen-bond acceptors (Lipinski definition) is 1. The Balaban J connectivity index is 2.34. The summed E-state index contributed by atoms with van der Waals surface area (Å²) in [4.78, 5) is 0. The molecule has 0 spiro atoms. The van der Waals surface area contributed by atoms with Crippen LogP contribution in [0.3, 0.4) is 0 Å². The lowest BCUT2D eigenvalue weighted by atomic mass is 9.64. The molecule has 1 saturated carbocycles. The average molecular weight is 282 g/mol. The van der Waals surface area contributed by atoms with Gasteiger partial charge in [0.25, 0.3) is 0 Å². The van der Waals surface area contributed by atoms with Gasteiger partial charge >= 0.3 is 0 Å². The number of rotatable bonds is 9. The first-order chi connectivity index (χ1) is 9.51. The van der Waals surface area contributed by atoms with Crippen LogP contribution in [0.2, 0.25) is 0 Å². The molecule has 0 aromatic heterocycles. The van der Waals surface area contributed by atoms with Gasteiger partial charge in [-0.05, 0) is 43.6 Å². The first kappa shape index (κ1) is 18.0. The maximum atomic E-state index is 3.61. The second-order valence-corrected chi connectivity index (χ2v) is 7.93. The van der Waals surface area contributed by atoms with Crippen molar-refractivity contribution < 1.29 is 0 Å². The van der Waals surface area contributed by atoms with E-state index in [4.69, 9.17) is 0 Å². The first-order valence-electron chi connectivity index (χ1n) is 9.18. The highest BCUT2D eigenvalue weighted by molar-refractivity contribution is 4.91. The van der Waals surface area contributed by atoms with E-state index < -0.39 is 0 Å². The van der Waals surface area contributed by atoms with E-state index in [1.54, 1.807) is 0 Å². The Morgan fingerprint density at radius 3 is 2.30 bits per heavy atom. The molecule has 0 aromatic rings. The van der Waals surface area contributed by atoms with E-state index in [-0.39, 0.29) is 0 Å². The van der Waals surface area contributed by atoms with Crippen LogP contribution in [0, 0.1) is 17.3 Å². The van der Waals surface area contributed by atoms with E-state index in [0.717, 1.165) is 17.9 Å². The maximum absolute atomic E-state index is 3.61. The van der Waals surface area contributed by atoms with Crippen molar-refractivity contribution in [1.82, 2.24) is 5.32 Å². The maximum Gasteiger partial charge on any atom is 0.00999 e. The summed E-state index contributed by atoms with van der Waals surface area (Å²) in [7, 11) is 2.16. The fourth-order valence-electron chi connectivity index (χ4n) is 4.18. The molecule has 1 heteroatoms. The smallest absolute Gasteiger partial charge is 0.00999 e. The largest absolute Gasteiger partial charge is 0.317 e. The summed E-state index contributed by atoms with van der Waals surface area (Å²) in [6, 6.07) is 0.744. The Morgan fingerprint density at radius 1 is 1.00 bits per heavy atom. The molecule has 0 saturated heterocycles. The third kappa shape index (κ3) is 5.76. The van der Waals surface area contributed by atoms with E-state index >= 15 is 0 Å². The van der Waals surface area contributed by atoms with Gasteiger partial charge in [-0.1, -0.05) is 72.6 Å². The Kier molecular flexibility index (Phi) is 8.17. The summed E-state index contributed by atoms with van der Waals surface area (Å²) in [5.74, 6) is 1.79. The molecule has 20 heavy (non-hydrogen) atoms. The van der Waals surface area contributed by atoms with E-state index in [1.165, 1.54) is 64.2 Å². The molecule has 0 amide bonds. The summed E-state index contributed by atoms with van der Waals surface area (Å²) in [6.07, 6.45) is 14.2. The van der Waals surface area contributed by atoms with Crippen molar-refractivity contribution in [3.8, 4) is 0 Å². The summed E-state index contributed by atoms with van der Waals surface area (Å²) in [5.41, 5.74) is 0.512. The van der Waals surface area contributed by atoms with E-state index in [0.29, 0.717) is 5.41 Å². The van der Waals surface area contributed by atoms with Gasteiger partial charge in [-0.3, -0.25) is 0 Å². The molecular formula is C19H39N. The molecule has 120 valence electrons. The van der Waals surface area contributed by atoms with Crippen LogP contribution in [0.1, 0.15) is 91.9 Å². The van der Waals surface area contributed by atoms with Crippen LogP contribution in [0.4, 0.5) is 0 Å². The highest BCUT2D eigenvalue weighted by Gasteiger charge is 2.37. The molecule has 0 bridgehead atoms. The summed E-state index contributed by atoms with van der Waals surface area (Å²) in [6.45, 7) is 9.75. The van der Waals surface area contributed by atoms with Crippen molar-refractivity contribution >= 4 is 0 Å². The summed E-state index contributed by atoms with van der Waals surface area (Å²) < 4.78 is 0. The quantitative estimate of drug-likeness (QED) is 0.528. The Labute approximate surface area is 128 Å². The fraction of sp³-hybridized carbons (Fsp3) is 1.00. The molecule has 0 radical (unpaired) electrons. The van der Waals surface area contributed by atoms with E-state index in [1.807, 2.05) is 0 Å². The van der Waals surface area contributed by atoms with Crippen LogP contribution < -0.4 is 5.32 Å². The standard InChI is InChI=1S/C19H39N/c1-6-7-8-9-10-11-14-19(3,4)17-13-12-16(2)15-18(17)20-5/h16-18,20H,6-15H2,1-5H3. The topological polar surface area (TPSA) is 12.0 Å². The SMILES string of the molecule is CCCCCCCCC(C)(C)C1CCC(C)CC1NC. The van der Waals surface area contributed by atoms with Crippen molar-refractivity contribution in [2.75, 3.05) is 7.05 Å². The van der Waals surface area contributed by atoms with Gasteiger partial charge in [-0.25, -0.2) is 0 Å². The zero-order chi connectivity index (χ0) is 15.0. The number of nitrogens with one attached hydrogen (secondary N) is 1. The van der Waals surface area contributed by atoms with Gasteiger partial charge < -0.3 is 5.32 Å². The Bertz CT molecular complexity index is 246. The van der Waals surface area contributed by atoms with Gasteiger partial charge in [0.05, 0.1) is 0 Å². The van der Waals surface area contributed by atoms with Gasteiger partial charge in [-0.2, -0.15) is 0 Å². The van der Waals surface area contributed by atoms with Crippen LogP contribution in [-0.2, 0) is 0 Å². The van der Waals surface area contributed by atoms with E-state index in [9.17, 15) is 0 Å². The molecule has 1 rings (SSSR count). The third-order valence-corrected chi connectivity index (χ3v) is 5.66. The minimum Gasteiger partial charge on any atom is -0.317 e. The molecule has 1 aliphatic rings. The van der Waals surface area contributed by atoms with Crippen LogP contribution >= 0.6 is 0 Å². The molecule has 0 heterocycles. The molecule has 3 unspecified atom stereocenters. The zero-order valence-electron chi connectivity index (χ0n) is 14.8. The zero-order valence-corrected chi connectivity index (χ0v) is 14.8. The van der Waals surface area contributed by atoms with Gasteiger partial charge in [0.2, 0.25) is 0 Å². The van der Waals surface area contributed by atoms with Gasteiger partial charge in [0, 0.05) is 6.04 Å².